The molecule has 2 fully saturated rings. The molecule has 1 atom stereocenters. The average molecular weight is 625 g/mol. The number of hydrogen-bond donors (Lipinski definition) is 1. The summed E-state index contributed by atoms with van der Waals surface area (Å²) in [7, 11) is 0. The molecule has 4 aliphatic heterocycles. The highest BCUT2D eigenvalue weighted by molar-refractivity contribution is 7.13. The number of thiazole rings is 1. The molecule has 1 unspecified atom stereocenters. The summed E-state index contributed by atoms with van der Waals surface area (Å²) in [5, 5.41) is 5.06. The summed E-state index contributed by atoms with van der Waals surface area (Å²) >= 11 is 1.30. The molecule has 1 aliphatic carbocycles. The standard InChI is InChI=1S/C34H33FN6O3S/c35-26-15-21(20-3-6-25-28(16-20)44-18-34(25)7-11-39(12-8-34)22-4-5-22)14-23-24(26)17-41(32(23)43)30(31(42)38-33-36-9-13-45-33)29-27-2-1-10-40(27)19-37-29/h3,6,9,13-16,19,22,30H,1-2,4-5,7-8,10-12,17-18H2,(H,36,38,42). The van der Waals surface area contributed by atoms with Crippen LogP contribution in [0.25, 0.3) is 11.1 Å². The van der Waals surface area contributed by atoms with Crippen molar-refractivity contribution < 1.29 is 18.7 Å². The number of nitrogens with zero attached hydrogens (tertiary/aromatic N) is 5. The Morgan fingerprint density at radius 3 is 2.78 bits per heavy atom. The van der Waals surface area contributed by atoms with Crippen LogP contribution in [-0.2, 0) is 29.7 Å². The number of rotatable bonds is 6. The van der Waals surface area contributed by atoms with E-state index in [1.807, 2.05) is 16.7 Å². The Hall–Kier alpha value is -4.09. The van der Waals surface area contributed by atoms with E-state index in [9.17, 15) is 9.59 Å². The smallest absolute Gasteiger partial charge is 0.255 e. The lowest BCUT2D eigenvalue weighted by atomic mass is 9.74. The van der Waals surface area contributed by atoms with Crippen LogP contribution >= 0.6 is 11.3 Å². The van der Waals surface area contributed by atoms with Crippen molar-refractivity contribution in [2.45, 2.75) is 69.1 Å². The number of imidazole rings is 1. The van der Waals surface area contributed by atoms with Gasteiger partial charge in [0, 0.05) is 52.0 Å². The number of carbonyl (C=O) groups is 2. The van der Waals surface area contributed by atoms with Crippen molar-refractivity contribution in [3.8, 4) is 16.9 Å². The summed E-state index contributed by atoms with van der Waals surface area (Å²) in [5.41, 5.74) is 4.75. The second-order valence-corrected chi connectivity index (χ2v) is 14.0. The van der Waals surface area contributed by atoms with Gasteiger partial charge in [0.1, 0.15) is 11.6 Å². The normalized spacial score (nSPS) is 20.6. The number of nitrogens with one attached hydrogen (secondary N) is 1. The molecular formula is C34H33FN6O3S. The van der Waals surface area contributed by atoms with Crippen molar-refractivity contribution in [1.29, 1.82) is 0 Å². The monoisotopic (exact) mass is 624 g/mol. The second kappa shape index (κ2) is 10.2. The number of aromatic nitrogens is 3. The molecule has 0 radical (unpaired) electrons. The van der Waals surface area contributed by atoms with Crippen molar-refractivity contribution in [1.82, 2.24) is 24.3 Å². The van der Waals surface area contributed by atoms with E-state index in [2.05, 4.69) is 26.3 Å². The van der Waals surface area contributed by atoms with Crippen molar-refractivity contribution in [3.63, 3.8) is 0 Å². The Bertz CT molecular complexity index is 1840. The minimum Gasteiger partial charge on any atom is -0.492 e. The molecule has 5 aliphatic rings. The lowest BCUT2D eigenvalue weighted by Gasteiger charge is -2.38. The van der Waals surface area contributed by atoms with Gasteiger partial charge in [0.05, 0.1) is 25.2 Å². The molecule has 1 N–H and O–H groups in total. The third kappa shape index (κ3) is 4.42. The number of amides is 2. The lowest BCUT2D eigenvalue weighted by molar-refractivity contribution is -0.121. The maximum atomic E-state index is 15.8. The fourth-order valence-corrected chi connectivity index (χ4v) is 8.42. The number of fused-ring (bicyclic) bond motifs is 4. The van der Waals surface area contributed by atoms with Crippen LogP contribution in [0.15, 0.2) is 48.2 Å². The zero-order chi connectivity index (χ0) is 30.3. The minimum atomic E-state index is -1.01. The molecule has 6 heterocycles. The predicted molar refractivity (Wildman–Crippen MR) is 167 cm³/mol. The number of aryl methyl sites for hydroxylation is 1. The Morgan fingerprint density at radius 2 is 1.98 bits per heavy atom. The van der Waals surface area contributed by atoms with Gasteiger partial charge in [-0.2, -0.15) is 0 Å². The summed E-state index contributed by atoms with van der Waals surface area (Å²) in [6.07, 6.45) is 9.88. The first-order chi connectivity index (χ1) is 22.0. The van der Waals surface area contributed by atoms with Crippen molar-refractivity contribution in [2.24, 2.45) is 0 Å². The summed E-state index contributed by atoms with van der Waals surface area (Å²) in [4.78, 5) is 40.7. The van der Waals surface area contributed by atoms with Crippen LogP contribution < -0.4 is 10.1 Å². The van der Waals surface area contributed by atoms with Gasteiger partial charge < -0.3 is 19.1 Å². The molecule has 9 nitrogen and oxygen atoms in total. The molecule has 45 heavy (non-hydrogen) atoms. The molecular weight excluding hydrogens is 591 g/mol. The van der Waals surface area contributed by atoms with Crippen molar-refractivity contribution in [2.75, 3.05) is 25.0 Å². The van der Waals surface area contributed by atoms with Gasteiger partial charge in [-0.1, -0.05) is 12.1 Å². The molecule has 0 bridgehead atoms. The molecule has 1 saturated carbocycles. The van der Waals surface area contributed by atoms with Gasteiger partial charge >= 0.3 is 0 Å². The number of carbonyl (C=O) groups excluding carboxylic acids is 2. The predicted octanol–water partition coefficient (Wildman–Crippen LogP) is 5.32. The third-order valence-electron chi connectivity index (χ3n) is 10.5. The average Bonchev–Trinajstić information content (AvgIpc) is 3.45. The zero-order valence-electron chi connectivity index (χ0n) is 24.8. The highest BCUT2D eigenvalue weighted by Crippen LogP contribution is 2.48. The van der Waals surface area contributed by atoms with Gasteiger partial charge in [-0.25, -0.2) is 14.4 Å². The molecule has 11 heteroatoms. The minimum absolute atomic E-state index is 0.0176. The molecule has 1 spiro atoms. The molecule has 2 aromatic heterocycles. The van der Waals surface area contributed by atoms with E-state index >= 15 is 4.39 Å². The lowest BCUT2D eigenvalue weighted by Crippen LogP contribution is -2.44. The number of hydrogen-bond acceptors (Lipinski definition) is 7. The summed E-state index contributed by atoms with van der Waals surface area (Å²) in [5.74, 6) is -0.400. The number of halogens is 1. The van der Waals surface area contributed by atoms with Crippen LogP contribution in [0, 0.1) is 5.82 Å². The van der Waals surface area contributed by atoms with Gasteiger partial charge in [0.15, 0.2) is 11.2 Å². The van der Waals surface area contributed by atoms with Gasteiger partial charge in [0.25, 0.3) is 11.8 Å². The number of benzene rings is 2. The van der Waals surface area contributed by atoms with Crippen LogP contribution in [-0.4, -0.2) is 61.9 Å². The van der Waals surface area contributed by atoms with E-state index in [1.165, 1.54) is 40.7 Å². The summed E-state index contributed by atoms with van der Waals surface area (Å²) in [6.45, 7) is 3.69. The molecule has 230 valence electrons. The van der Waals surface area contributed by atoms with Gasteiger partial charge in [-0.05, 0) is 80.9 Å². The SMILES string of the molecule is O=C(Nc1nccs1)C(c1ncn2c1CCC2)N1Cc2c(F)cc(-c3ccc4c(c3)OCC43CCN(C4CC4)CC3)cc2C1=O. The number of anilines is 1. The van der Waals surface area contributed by atoms with Crippen LogP contribution in [0.2, 0.25) is 0 Å². The van der Waals surface area contributed by atoms with E-state index in [1.54, 1.807) is 24.0 Å². The second-order valence-electron chi connectivity index (χ2n) is 13.1. The number of piperidine rings is 1. The van der Waals surface area contributed by atoms with Gasteiger partial charge in [-0.15, -0.1) is 11.3 Å². The van der Waals surface area contributed by atoms with Crippen molar-refractivity contribution >= 4 is 28.3 Å². The highest BCUT2D eigenvalue weighted by Gasteiger charge is 2.46. The van der Waals surface area contributed by atoms with E-state index < -0.39 is 17.8 Å². The maximum Gasteiger partial charge on any atom is 0.255 e. The first-order valence-corrected chi connectivity index (χ1v) is 16.7. The Balaban J connectivity index is 1.02. The fraction of sp³-hybridized carbons (Fsp3) is 0.412. The first kappa shape index (κ1) is 27.2. The first-order valence-electron chi connectivity index (χ1n) is 15.9. The van der Waals surface area contributed by atoms with Crippen LogP contribution in [0.3, 0.4) is 0 Å². The number of ether oxygens (including phenoxy) is 1. The molecule has 2 amide bonds. The van der Waals surface area contributed by atoms with E-state index in [4.69, 9.17) is 4.74 Å². The maximum absolute atomic E-state index is 15.8. The quantitative estimate of drug-likeness (QED) is 0.313. The largest absolute Gasteiger partial charge is 0.492 e. The Kier molecular flexibility index (Phi) is 6.18. The van der Waals surface area contributed by atoms with Crippen LogP contribution in [0.1, 0.15) is 71.0 Å². The van der Waals surface area contributed by atoms with Crippen molar-refractivity contribution in [3.05, 3.63) is 82.1 Å². The number of likely N-dealkylation sites (tertiary alicyclic amines) is 1. The molecule has 1 saturated heterocycles. The summed E-state index contributed by atoms with van der Waals surface area (Å²) in [6, 6.07) is 9.19. The summed E-state index contributed by atoms with van der Waals surface area (Å²) < 4.78 is 24.1. The fourth-order valence-electron chi connectivity index (χ4n) is 7.89. The Labute approximate surface area is 264 Å². The molecule has 4 aromatic rings. The van der Waals surface area contributed by atoms with E-state index in [0.717, 1.165) is 68.4 Å². The third-order valence-corrected chi connectivity index (χ3v) is 11.2. The van der Waals surface area contributed by atoms with Gasteiger partial charge in [0.2, 0.25) is 0 Å². The van der Waals surface area contributed by atoms with E-state index in [0.29, 0.717) is 28.6 Å². The highest BCUT2D eigenvalue weighted by atomic mass is 32.1. The topological polar surface area (TPSA) is 92.6 Å². The zero-order valence-corrected chi connectivity index (χ0v) is 25.6. The van der Waals surface area contributed by atoms with Crippen LogP contribution in [0.4, 0.5) is 9.52 Å². The molecule has 2 aromatic carbocycles. The van der Waals surface area contributed by atoms with E-state index in [-0.39, 0.29) is 23.4 Å². The van der Waals surface area contributed by atoms with Crippen LogP contribution in [0.5, 0.6) is 5.75 Å². The molecule has 9 rings (SSSR count). The Morgan fingerprint density at radius 1 is 1.11 bits per heavy atom. The van der Waals surface area contributed by atoms with Gasteiger partial charge in [-0.3, -0.25) is 14.9 Å².